The second-order valence-electron chi connectivity index (χ2n) is 7.94. The van der Waals surface area contributed by atoms with Crippen LogP contribution in [0.3, 0.4) is 0 Å². The summed E-state index contributed by atoms with van der Waals surface area (Å²) in [7, 11) is 0. The molecule has 1 fully saturated rings. The molecule has 0 radical (unpaired) electrons. The lowest BCUT2D eigenvalue weighted by atomic mass is 9.64. The molecule has 0 bridgehead atoms. The summed E-state index contributed by atoms with van der Waals surface area (Å²) in [5.41, 5.74) is 0.498. The van der Waals surface area contributed by atoms with Gasteiger partial charge in [-0.3, -0.25) is 0 Å². The smallest absolute Gasteiger partial charge is 0.00179 e. The third-order valence-electron chi connectivity index (χ3n) is 5.27. The van der Waals surface area contributed by atoms with E-state index in [0.29, 0.717) is 5.41 Å². The Kier molecular flexibility index (Phi) is 9.36. The van der Waals surface area contributed by atoms with Crippen LogP contribution in [0.5, 0.6) is 0 Å². The van der Waals surface area contributed by atoms with E-state index in [-0.39, 0.29) is 0 Å². The highest BCUT2D eigenvalue weighted by atomic mass is 32.2. The van der Waals surface area contributed by atoms with E-state index >= 15 is 0 Å². The second-order valence-corrected chi connectivity index (χ2v) is 9.33. The van der Waals surface area contributed by atoms with E-state index in [0.717, 1.165) is 17.8 Å². The molecule has 1 rings (SSSR count). The van der Waals surface area contributed by atoms with Gasteiger partial charge >= 0.3 is 0 Å². The second kappa shape index (κ2) is 10.2. The fourth-order valence-electron chi connectivity index (χ4n) is 3.79. The first-order chi connectivity index (χ1) is 9.99. The first kappa shape index (κ1) is 19.4. The van der Waals surface area contributed by atoms with Crippen LogP contribution >= 0.6 is 11.8 Å². The molecule has 126 valence electrons. The lowest BCUT2D eigenvalue weighted by molar-refractivity contribution is 0.0923. The van der Waals surface area contributed by atoms with Gasteiger partial charge in [0, 0.05) is 0 Å². The Morgan fingerprint density at radius 3 is 2.48 bits per heavy atom. The minimum absolute atomic E-state index is 0.498. The van der Waals surface area contributed by atoms with Crippen molar-refractivity contribution in [1.29, 1.82) is 0 Å². The van der Waals surface area contributed by atoms with E-state index in [9.17, 15) is 0 Å². The van der Waals surface area contributed by atoms with Crippen molar-refractivity contribution in [3.8, 4) is 0 Å². The van der Waals surface area contributed by atoms with Crippen molar-refractivity contribution in [2.75, 3.05) is 24.6 Å². The van der Waals surface area contributed by atoms with E-state index in [2.05, 4.69) is 51.7 Å². The molecular formula is C19H39NS. The van der Waals surface area contributed by atoms with Gasteiger partial charge in [-0.05, 0) is 86.3 Å². The van der Waals surface area contributed by atoms with Crippen LogP contribution in [0, 0.1) is 23.2 Å². The zero-order chi connectivity index (χ0) is 15.7. The molecule has 2 heteroatoms. The quantitative estimate of drug-likeness (QED) is 0.556. The first-order valence-electron chi connectivity index (χ1n) is 9.27. The average Bonchev–Trinajstić information content (AvgIpc) is 2.44. The normalized spacial score (nSPS) is 27.0. The van der Waals surface area contributed by atoms with Gasteiger partial charge in [-0.15, -0.1) is 0 Å². The molecule has 0 aromatic carbocycles. The summed E-state index contributed by atoms with van der Waals surface area (Å²) >= 11 is 2.11. The first-order valence-corrected chi connectivity index (χ1v) is 10.4. The molecule has 1 aliphatic carbocycles. The molecule has 0 amide bonds. The topological polar surface area (TPSA) is 12.0 Å². The number of nitrogens with one attached hydrogen (secondary N) is 1. The van der Waals surface area contributed by atoms with Crippen molar-refractivity contribution >= 4 is 11.8 Å². The van der Waals surface area contributed by atoms with E-state index < -0.39 is 0 Å². The Balaban J connectivity index is 2.48. The van der Waals surface area contributed by atoms with Crippen LogP contribution in [0.1, 0.15) is 73.1 Å². The monoisotopic (exact) mass is 313 g/mol. The Hall–Kier alpha value is 0.310. The SMILES string of the molecule is CCCNCC1CCC(C(C)(C)C)CC1CCCSCC. The third-order valence-corrected chi connectivity index (χ3v) is 6.25. The molecule has 1 saturated carbocycles. The molecule has 1 N–H and O–H groups in total. The number of rotatable bonds is 9. The summed E-state index contributed by atoms with van der Waals surface area (Å²) in [6.07, 6.45) is 8.50. The van der Waals surface area contributed by atoms with E-state index in [1.54, 1.807) is 0 Å². The van der Waals surface area contributed by atoms with Crippen LogP contribution in [0.15, 0.2) is 0 Å². The largest absolute Gasteiger partial charge is 0.316 e. The molecule has 1 aliphatic rings. The molecule has 3 atom stereocenters. The summed E-state index contributed by atoms with van der Waals surface area (Å²) in [5, 5.41) is 3.68. The Labute approximate surface area is 138 Å². The maximum absolute atomic E-state index is 3.68. The van der Waals surface area contributed by atoms with E-state index in [1.807, 2.05) is 0 Å². The third kappa shape index (κ3) is 7.41. The lowest BCUT2D eigenvalue weighted by Gasteiger charge is -2.42. The zero-order valence-corrected chi connectivity index (χ0v) is 16.0. The molecule has 1 nitrogen and oxygen atoms in total. The fourth-order valence-corrected chi connectivity index (χ4v) is 4.45. The molecule has 3 unspecified atom stereocenters. The van der Waals surface area contributed by atoms with Gasteiger partial charge in [0.1, 0.15) is 0 Å². The molecule has 0 saturated heterocycles. The van der Waals surface area contributed by atoms with Crippen LogP contribution in [-0.2, 0) is 0 Å². The Morgan fingerprint density at radius 1 is 1.10 bits per heavy atom. The zero-order valence-electron chi connectivity index (χ0n) is 15.2. The van der Waals surface area contributed by atoms with Crippen LogP contribution in [0.25, 0.3) is 0 Å². The van der Waals surface area contributed by atoms with Crippen LogP contribution in [0.2, 0.25) is 0 Å². The van der Waals surface area contributed by atoms with Crippen LogP contribution < -0.4 is 5.32 Å². The summed E-state index contributed by atoms with van der Waals surface area (Å²) < 4.78 is 0. The highest BCUT2D eigenvalue weighted by Gasteiger charge is 2.35. The summed E-state index contributed by atoms with van der Waals surface area (Å²) in [6, 6.07) is 0. The number of hydrogen-bond donors (Lipinski definition) is 1. The van der Waals surface area contributed by atoms with Gasteiger partial charge < -0.3 is 5.32 Å². The van der Waals surface area contributed by atoms with Gasteiger partial charge in [-0.25, -0.2) is 0 Å². The van der Waals surface area contributed by atoms with Gasteiger partial charge in [0.05, 0.1) is 0 Å². The predicted molar refractivity (Wildman–Crippen MR) is 99.2 cm³/mol. The minimum atomic E-state index is 0.498. The summed E-state index contributed by atoms with van der Waals surface area (Å²) in [5.74, 6) is 5.47. The van der Waals surface area contributed by atoms with Crippen LogP contribution in [0.4, 0.5) is 0 Å². The highest BCUT2D eigenvalue weighted by Crippen LogP contribution is 2.44. The van der Waals surface area contributed by atoms with E-state index in [1.165, 1.54) is 63.1 Å². The maximum Gasteiger partial charge on any atom is -0.00179 e. The highest BCUT2D eigenvalue weighted by molar-refractivity contribution is 7.99. The van der Waals surface area contributed by atoms with Crippen molar-refractivity contribution in [2.45, 2.75) is 73.1 Å². The molecule has 0 heterocycles. The number of thioether (sulfide) groups is 1. The number of hydrogen-bond acceptors (Lipinski definition) is 2. The molecule has 21 heavy (non-hydrogen) atoms. The lowest BCUT2D eigenvalue weighted by Crippen LogP contribution is -2.37. The average molecular weight is 314 g/mol. The van der Waals surface area contributed by atoms with Crippen molar-refractivity contribution in [2.24, 2.45) is 23.2 Å². The minimum Gasteiger partial charge on any atom is -0.316 e. The van der Waals surface area contributed by atoms with Crippen molar-refractivity contribution < 1.29 is 0 Å². The standard InChI is InChI=1S/C19H39NS/c1-6-12-20-15-17-10-11-18(19(3,4)5)14-16(17)9-8-13-21-7-2/h16-18,20H,6-15H2,1-5H3. The van der Waals surface area contributed by atoms with Gasteiger partial charge in [-0.1, -0.05) is 34.6 Å². The van der Waals surface area contributed by atoms with Crippen molar-refractivity contribution in [3.05, 3.63) is 0 Å². The van der Waals surface area contributed by atoms with Crippen LogP contribution in [-0.4, -0.2) is 24.6 Å². The Morgan fingerprint density at radius 2 is 1.86 bits per heavy atom. The molecule has 0 aromatic heterocycles. The fraction of sp³-hybridized carbons (Fsp3) is 1.00. The molecular weight excluding hydrogens is 274 g/mol. The molecule has 0 spiro atoms. The van der Waals surface area contributed by atoms with Crippen molar-refractivity contribution in [3.63, 3.8) is 0 Å². The molecule has 0 aromatic rings. The van der Waals surface area contributed by atoms with Gasteiger partial charge in [0.25, 0.3) is 0 Å². The Bertz CT molecular complexity index is 259. The van der Waals surface area contributed by atoms with Crippen molar-refractivity contribution in [1.82, 2.24) is 5.32 Å². The molecule has 0 aliphatic heterocycles. The van der Waals surface area contributed by atoms with Gasteiger partial charge in [0.15, 0.2) is 0 Å². The summed E-state index contributed by atoms with van der Waals surface area (Å²) in [4.78, 5) is 0. The predicted octanol–water partition coefficient (Wildman–Crippen LogP) is 5.60. The van der Waals surface area contributed by atoms with Gasteiger partial charge in [-0.2, -0.15) is 11.8 Å². The van der Waals surface area contributed by atoms with Gasteiger partial charge in [0.2, 0.25) is 0 Å². The summed E-state index contributed by atoms with van der Waals surface area (Å²) in [6.45, 7) is 14.3. The maximum atomic E-state index is 3.68. The van der Waals surface area contributed by atoms with E-state index in [4.69, 9.17) is 0 Å².